The van der Waals surface area contributed by atoms with E-state index in [4.69, 9.17) is 0 Å². The Labute approximate surface area is 172 Å². The van der Waals surface area contributed by atoms with E-state index in [9.17, 15) is 0 Å². The third kappa shape index (κ3) is 2.84. The van der Waals surface area contributed by atoms with Crippen molar-refractivity contribution in [3.8, 4) is 0 Å². The second-order valence-corrected chi connectivity index (χ2v) is 12.5. The number of aliphatic imine (C=N–C) groups is 1. The summed E-state index contributed by atoms with van der Waals surface area (Å²) in [5.41, 5.74) is 6.91. The Morgan fingerprint density at radius 1 is 1.08 bits per heavy atom. The van der Waals surface area contributed by atoms with Gasteiger partial charge in [0.15, 0.2) is 0 Å². The number of rotatable bonds is 0. The zero-order valence-corrected chi connectivity index (χ0v) is 19.1. The van der Waals surface area contributed by atoms with Crippen LogP contribution in [-0.4, -0.2) is 13.8 Å². The fourth-order valence-corrected chi connectivity index (χ4v) is 8.04. The van der Waals surface area contributed by atoms with Gasteiger partial charge < -0.3 is 0 Å². The van der Waals surface area contributed by atoms with Crippen molar-refractivity contribution in [2.45, 2.75) is 23.6 Å². The first kappa shape index (κ1) is 19.8. The molecule has 123 valence electrons. The summed E-state index contributed by atoms with van der Waals surface area (Å²) in [6.45, 7) is 6.98. The van der Waals surface area contributed by atoms with Crippen LogP contribution in [0.1, 0.15) is 21.7 Å². The molecule has 5 rings (SSSR count). The third-order valence-corrected chi connectivity index (χ3v) is 9.79. The molecule has 1 unspecified atom stereocenters. The van der Waals surface area contributed by atoms with E-state index in [-0.39, 0.29) is 24.8 Å². The molecule has 1 atom stereocenters. The zero-order chi connectivity index (χ0) is 15.5. The van der Waals surface area contributed by atoms with Crippen LogP contribution in [0.2, 0.25) is 13.1 Å². The van der Waals surface area contributed by atoms with Crippen molar-refractivity contribution in [1.29, 1.82) is 0 Å². The van der Waals surface area contributed by atoms with Crippen LogP contribution in [0.25, 0.3) is 6.08 Å². The molecule has 2 heterocycles. The van der Waals surface area contributed by atoms with E-state index >= 15 is 0 Å². The number of hydrogen-bond acceptors (Lipinski definition) is 1. The van der Waals surface area contributed by atoms with Crippen molar-refractivity contribution in [2.75, 3.05) is 0 Å². The van der Waals surface area contributed by atoms with Gasteiger partial charge in [0.2, 0.25) is 0 Å². The molecular weight excluding hydrogens is 432 g/mol. The fraction of sp³-hybridized carbons (Fsp3) is 0.211. The predicted octanol–water partition coefficient (Wildman–Crippen LogP) is 5.53. The summed E-state index contributed by atoms with van der Waals surface area (Å²) in [6.07, 6.45) is 8.94. The maximum absolute atomic E-state index is 4.56. The molecule has 0 bridgehead atoms. The van der Waals surface area contributed by atoms with Crippen molar-refractivity contribution in [2.24, 2.45) is 4.99 Å². The van der Waals surface area contributed by atoms with E-state index in [0.717, 1.165) is 0 Å². The van der Waals surface area contributed by atoms with Crippen molar-refractivity contribution in [3.63, 3.8) is 0 Å². The summed E-state index contributed by atoms with van der Waals surface area (Å²) < 4.78 is 0.711. The molecule has 0 spiro atoms. The number of halogens is 2. The van der Waals surface area contributed by atoms with E-state index in [2.05, 4.69) is 73.6 Å². The van der Waals surface area contributed by atoms with Gasteiger partial charge in [-0.3, -0.25) is 4.99 Å². The summed E-state index contributed by atoms with van der Waals surface area (Å²) in [4.78, 5) is 4.56. The second-order valence-electron chi connectivity index (χ2n) is 6.67. The minimum absolute atomic E-state index is 0. The topological polar surface area (TPSA) is 12.4 Å². The quantitative estimate of drug-likeness (QED) is 0.459. The van der Waals surface area contributed by atoms with Gasteiger partial charge in [0.05, 0.1) is 5.70 Å². The molecular formula is C19H20Cl2NSiZr. The van der Waals surface area contributed by atoms with Gasteiger partial charge in [0.1, 0.15) is 8.07 Å². The van der Waals surface area contributed by atoms with Crippen molar-refractivity contribution in [3.05, 3.63) is 75.3 Å². The molecule has 1 aromatic rings. The number of fused-ring (bicyclic) bond motifs is 1. The Kier molecular flexibility index (Phi) is 5.82. The van der Waals surface area contributed by atoms with E-state index in [1.807, 2.05) is 0 Å². The summed E-state index contributed by atoms with van der Waals surface area (Å²) >= 11 is 1.59. The molecule has 0 amide bonds. The zero-order valence-electron chi connectivity index (χ0n) is 14.0. The second kappa shape index (κ2) is 7.03. The van der Waals surface area contributed by atoms with Crippen molar-refractivity contribution < 1.29 is 24.7 Å². The molecule has 24 heavy (non-hydrogen) atoms. The Balaban J connectivity index is 0.000000163. The van der Waals surface area contributed by atoms with Gasteiger partial charge in [0.25, 0.3) is 0 Å². The molecule has 1 nitrogen and oxygen atoms in total. The van der Waals surface area contributed by atoms with Gasteiger partial charge in [0, 0.05) is 11.3 Å². The molecule has 1 aromatic carbocycles. The molecule has 0 saturated carbocycles. The molecule has 2 aliphatic heterocycles. The van der Waals surface area contributed by atoms with Crippen LogP contribution in [0.4, 0.5) is 0 Å². The van der Waals surface area contributed by atoms with Crippen LogP contribution in [0.3, 0.4) is 0 Å². The van der Waals surface area contributed by atoms with Gasteiger partial charge in [-0.25, -0.2) is 0 Å². The minimum atomic E-state index is -1.17. The van der Waals surface area contributed by atoms with Crippen LogP contribution in [0, 0.1) is 0 Å². The summed E-state index contributed by atoms with van der Waals surface area (Å²) in [5.74, 6) is 0. The Morgan fingerprint density at radius 3 is 2.50 bits per heavy atom. The Hall–Kier alpha value is -0.470. The van der Waals surface area contributed by atoms with Gasteiger partial charge in [-0.2, -0.15) is 0 Å². The SMILES string of the molecule is CC1=NC2=CC=C3C2=C1[Si]3(C)C.Cl.Cl.[Zr][CH]1C=Cc2ccccc21. The molecule has 4 aliphatic rings. The van der Waals surface area contributed by atoms with Crippen LogP contribution in [0.15, 0.2) is 69.1 Å². The van der Waals surface area contributed by atoms with Gasteiger partial charge >= 0.3 is 75.9 Å². The fourth-order valence-electron chi connectivity index (χ4n) is 3.85. The van der Waals surface area contributed by atoms with Gasteiger partial charge in [-0.05, 0) is 23.4 Å². The normalized spacial score (nSPS) is 22.6. The first-order valence-corrected chi connectivity index (χ1v) is 12.1. The predicted molar refractivity (Wildman–Crippen MR) is 106 cm³/mol. The van der Waals surface area contributed by atoms with Crippen LogP contribution in [0.5, 0.6) is 0 Å². The van der Waals surface area contributed by atoms with E-state index in [1.54, 1.807) is 35.1 Å². The molecule has 0 N–H and O–H groups in total. The van der Waals surface area contributed by atoms with Crippen LogP contribution in [-0.2, 0) is 24.7 Å². The van der Waals surface area contributed by atoms with E-state index in [1.165, 1.54) is 28.1 Å². The van der Waals surface area contributed by atoms with Crippen LogP contribution < -0.4 is 0 Å². The Bertz CT molecular complexity index is 847. The third-order valence-electron chi connectivity index (χ3n) is 4.93. The summed E-state index contributed by atoms with van der Waals surface area (Å²) in [7, 11) is -1.17. The standard InChI is InChI=1S/C10H11NSi.C9H7.2ClH.Zr/c1-6-10-9-7(11-6)4-5-8(9)12(10,2)3;1-2-5-9-7-3-6-8(9)4-1;;;/h4-5H,1-3H3;1-7H;2*1H;. The number of hydrogen-bond donors (Lipinski definition) is 0. The average molecular weight is 453 g/mol. The number of allylic oxidation sites excluding steroid dienone is 5. The molecule has 0 aromatic heterocycles. The maximum atomic E-state index is 4.56. The van der Waals surface area contributed by atoms with E-state index < -0.39 is 8.07 Å². The molecule has 0 radical (unpaired) electrons. The first-order valence-electron chi connectivity index (χ1n) is 7.72. The monoisotopic (exact) mass is 450 g/mol. The first-order chi connectivity index (χ1) is 10.5. The number of benzene rings is 1. The average Bonchev–Trinajstić information content (AvgIpc) is 3.11. The molecule has 5 heteroatoms. The van der Waals surface area contributed by atoms with Crippen molar-refractivity contribution in [1.82, 2.24) is 0 Å². The summed E-state index contributed by atoms with van der Waals surface area (Å²) in [5, 5.41) is 3.23. The van der Waals surface area contributed by atoms with E-state index in [0.29, 0.717) is 3.63 Å². The van der Waals surface area contributed by atoms with Crippen molar-refractivity contribution >= 4 is 44.7 Å². The number of nitrogens with zero attached hydrogens (tertiary/aromatic N) is 1. The molecule has 2 aliphatic carbocycles. The molecule has 0 fully saturated rings. The molecule has 0 saturated heterocycles. The van der Waals surface area contributed by atoms with Gasteiger partial charge in [-0.1, -0.05) is 19.2 Å². The summed E-state index contributed by atoms with van der Waals surface area (Å²) in [6, 6.07) is 8.60. The Morgan fingerprint density at radius 2 is 1.79 bits per heavy atom. The van der Waals surface area contributed by atoms with Gasteiger partial charge in [-0.15, -0.1) is 24.8 Å². The van der Waals surface area contributed by atoms with Crippen LogP contribution >= 0.6 is 24.8 Å².